The van der Waals surface area contributed by atoms with Crippen molar-refractivity contribution < 1.29 is 19.8 Å². The molecule has 7 heteroatoms. The van der Waals surface area contributed by atoms with Gasteiger partial charge >= 0.3 is 23.9 Å². The van der Waals surface area contributed by atoms with E-state index in [1.807, 2.05) is 0 Å². The third-order valence-corrected chi connectivity index (χ3v) is 5.64. The first-order valence-corrected chi connectivity index (χ1v) is 12.9. The van der Waals surface area contributed by atoms with Gasteiger partial charge in [0.2, 0.25) is 0 Å². The normalized spacial score (nSPS) is 9.38. The van der Waals surface area contributed by atoms with Crippen LogP contribution in [0.2, 0.25) is 0 Å². The van der Waals surface area contributed by atoms with Crippen molar-refractivity contribution in [2.45, 2.75) is 90.9 Å². The quantitative estimate of drug-likeness (QED) is 0.201. The molecule has 0 aromatic heterocycles. The molecule has 0 atom stereocenters. The van der Waals surface area contributed by atoms with Crippen molar-refractivity contribution >= 4 is 59.4 Å². The van der Waals surface area contributed by atoms with Crippen LogP contribution in [0.5, 0.6) is 0 Å². The summed E-state index contributed by atoms with van der Waals surface area (Å²) in [5.74, 6) is -1.02. The molecule has 0 fully saturated rings. The smallest absolute Gasteiger partial charge is 0.549 e. The number of carbonyl (C=O) groups excluding carboxylic acids is 2. The maximum absolute atomic E-state index is 9.90. The second kappa shape index (κ2) is 35.8. The summed E-state index contributed by atoms with van der Waals surface area (Å²) in [4.78, 5) is 19.8. The number of thioether (sulfide) groups is 2. The molecule has 0 aromatic carbocycles. The van der Waals surface area contributed by atoms with E-state index in [0.29, 0.717) is 11.5 Å². The summed E-state index contributed by atoms with van der Waals surface area (Å²) in [6.07, 6.45) is 16.0. The molecule has 0 aliphatic heterocycles. The van der Waals surface area contributed by atoms with Gasteiger partial charge in [-0.15, -0.1) is 0 Å². The van der Waals surface area contributed by atoms with Crippen molar-refractivity contribution in [3.63, 3.8) is 0 Å². The first kappa shape index (κ1) is 36.8. The van der Waals surface area contributed by atoms with Gasteiger partial charge in [-0.05, 0) is 0 Å². The van der Waals surface area contributed by atoms with Crippen LogP contribution in [-0.2, 0) is 9.59 Å². The van der Waals surface area contributed by atoms with Crippen molar-refractivity contribution in [3.8, 4) is 0 Å². The van der Waals surface area contributed by atoms with Crippen molar-refractivity contribution in [2.75, 3.05) is 23.0 Å². The minimum absolute atomic E-state index is 0. The molecule has 0 rings (SSSR count). The van der Waals surface area contributed by atoms with Gasteiger partial charge in [0.25, 0.3) is 0 Å². The van der Waals surface area contributed by atoms with Gasteiger partial charge in [-0.1, -0.05) is 105 Å². The molecular weight excluding hydrogens is 511 g/mol. The Kier molecular flexibility index (Phi) is 45.5. The summed E-state index contributed by atoms with van der Waals surface area (Å²) in [7, 11) is 0. The zero-order valence-electron chi connectivity index (χ0n) is 18.7. The van der Waals surface area contributed by atoms with Crippen LogP contribution in [0.25, 0.3) is 0 Å². The maximum atomic E-state index is 9.90. The zero-order chi connectivity index (χ0) is 21.9. The Morgan fingerprint density at radius 1 is 0.655 bits per heavy atom. The second-order valence-corrected chi connectivity index (χ2v) is 8.60. The van der Waals surface area contributed by atoms with Crippen LogP contribution in [0.4, 0.5) is 0 Å². The molecule has 4 nitrogen and oxygen atoms in total. The van der Waals surface area contributed by atoms with Crippen LogP contribution >= 0.6 is 23.5 Å². The van der Waals surface area contributed by atoms with Crippen LogP contribution in [-0.4, -0.2) is 58.9 Å². The summed E-state index contributed by atoms with van der Waals surface area (Å²) in [6, 6.07) is 0. The Labute approximate surface area is 206 Å². The van der Waals surface area contributed by atoms with Gasteiger partial charge in [-0.2, -0.15) is 23.5 Å². The molecule has 0 saturated carbocycles. The number of carboxylic acid groups (broad SMARTS) is 2. The van der Waals surface area contributed by atoms with Gasteiger partial charge in [0.1, 0.15) is 0 Å². The Bertz CT molecular complexity index is 277. The fraction of sp³-hybridized carbons (Fsp3) is 0.818. The van der Waals surface area contributed by atoms with Gasteiger partial charge in [-0.25, -0.2) is 0 Å². The number of hydrogen-bond acceptors (Lipinski definition) is 6. The first-order chi connectivity index (χ1) is 13.5. The van der Waals surface area contributed by atoms with E-state index in [-0.39, 0.29) is 35.4 Å². The van der Waals surface area contributed by atoms with E-state index in [1.165, 1.54) is 87.7 Å². The van der Waals surface area contributed by atoms with Crippen LogP contribution in [0.3, 0.4) is 0 Å². The number of unbranched alkanes of at least 4 members (excludes halogenated alkanes) is 10. The van der Waals surface area contributed by atoms with Crippen LogP contribution in [0.15, 0.2) is 0 Å². The first-order valence-electron chi connectivity index (χ1n) is 10.6. The van der Waals surface area contributed by atoms with Crippen molar-refractivity contribution in [3.05, 3.63) is 13.8 Å². The Morgan fingerprint density at radius 2 is 0.966 bits per heavy atom. The third kappa shape index (κ3) is 52.6. The molecule has 0 heterocycles. The zero-order valence-corrected chi connectivity index (χ0v) is 23.2. The molecule has 0 aromatic rings. The number of carbonyl (C=O) groups is 2. The predicted octanol–water partition coefficient (Wildman–Crippen LogP) is 3.93. The molecular formula is C22H42O4S2Sn. The minimum atomic E-state index is -1.09. The average molecular weight is 553 g/mol. The van der Waals surface area contributed by atoms with Crippen LogP contribution < -0.4 is 10.2 Å². The van der Waals surface area contributed by atoms with E-state index < -0.39 is 11.9 Å². The van der Waals surface area contributed by atoms with Gasteiger partial charge in [0, 0.05) is 23.0 Å². The molecule has 0 unspecified atom stereocenters. The largest absolute Gasteiger partial charge is 2.00 e. The molecule has 0 N–H and O–H groups in total. The Morgan fingerprint density at radius 3 is 1.21 bits per heavy atom. The Hall–Kier alpha value is 0.439. The van der Waals surface area contributed by atoms with Crippen molar-refractivity contribution in [1.82, 2.24) is 0 Å². The van der Waals surface area contributed by atoms with Gasteiger partial charge in [0.05, 0.1) is 11.9 Å². The summed E-state index contributed by atoms with van der Waals surface area (Å²) in [5.41, 5.74) is 0. The monoisotopic (exact) mass is 554 g/mol. The summed E-state index contributed by atoms with van der Waals surface area (Å²) < 4.78 is 0. The van der Waals surface area contributed by atoms with E-state index in [9.17, 15) is 19.8 Å². The summed E-state index contributed by atoms with van der Waals surface area (Å²) >= 11 is 2.43. The molecule has 0 saturated heterocycles. The maximum Gasteiger partial charge on any atom is 2.00 e. The third-order valence-electron chi connectivity index (χ3n) is 3.52. The molecule has 0 aliphatic carbocycles. The van der Waals surface area contributed by atoms with E-state index in [0.717, 1.165) is 12.8 Å². The van der Waals surface area contributed by atoms with Crippen molar-refractivity contribution in [2.24, 2.45) is 0 Å². The van der Waals surface area contributed by atoms with Crippen molar-refractivity contribution in [1.29, 1.82) is 0 Å². The topological polar surface area (TPSA) is 80.3 Å². The second-order valence-electron chi connectivity index (χ2n) is 6.38. The van der Waals surface area contributed by atoms with Gasteiger partial charge in [-0.3, -0.25) is 0 Å². The number of carboxylic acids is 2. The fourth-order valence-corrected chi connectivity index (χ4v) is 3.55. The molecule has 0 spiro atoms. The standard InChI is InChI=1S/2C8H17.C6H10O4S2.Sn/c2*1-3-5-7-8-6-4-2;7-5(8)3-11-1-2-12-4-6(9)10;/h2*1,3-8H2,2H3;1-4H2,(H,7,8)(H,9,10);/q;;;+2/p-2. The summed E-state index contributed by atoms with van der Waals surface area (Å²) in [5, 5.41) is 19.8. The molecule has 29 heavy (non-hydrogen) atoms. The van der Waals surface area contributed by atoms with E-state index in [4.69, 9.17) is 0 Å². The molecule has 170 valence electrons. The number of rotatable bonds is 17. The van der Waals surface area contributed by atoms with E-state index in [2.05, 4.69) is 27.7 Å². The molecule has 0 aliphatic rings. The Balaban J connectivity index is -0.000000164. The minimum Gasteiger partial charge on any atom is -0.549 e. The molecule has 0 bridgehead atoms. The predicted molar refractivity (Wildman–Crippen MR) is 128 cm³/mol. The summed E-state index contributed by atoms with van der Waals surface area (Å²) in [6.45, 7) is 12.0. The van der Waals surface area contributed by atoms with E-state index in [1.54, 1.807) is 0 Å². The molecule has 4 radical (unpaired) electrons. The molecule has 0 amide bonds. The number of hydrogen-bond donors (Lipinski definition) is 0. The fourth-order valence-electron chi connectivity index (χ4n) is 1.99. The van der Waals surface area contributed by atoms with Crippen LogP contribution in [0, 0.1) is 13.8 Å². The van der Waals surface area contributed by atoms with Crippen LogP contribution in [0.1, 0.15) is 90.9 Å². The van der Waals surface area contributed by atoms with E-state index >= 15 is 0 Å². The SMILES string of the molecule is O=C([O-])CSCCSCC(=O)[O-].[CH2]CCCCCCC.[CH2]CCCCCCC.[Sn+2]. The average Bonchev–Trinajstić information content (AvgIpc) is 2.66. The number of aliphatic carboxylic acids is 2. The van der Waals surface area contributed by atoms with Gasteiger partial charge in [0.15, 0.2) is 0 Å². The van der Waals surface area contributed by atoms with Gasteiger partial charge < -0.3 is 19.8 Å².